The lowest BCUT2D eigenvalue weighted by Crippen LogP contribution is -2.49. The Kier molecular flexibility index (Phi) is 4.29. The predicted molar refractivity (Wildman–Crippen MR) is 76.2 cm³/mol. The lowest BCUT2D eigenvalue weighted by Gasteiger charge is -2.26. The van der Waals surface area contributed by atoms with Crippen LogP contribution in [0.4, 0.5) is 0 Å². The van der Waals surface area contributed by atoms with Crippen molar-refractivity contribution in [3.8, 4) is 0 Å². The van der Waals surface area contributed by atoms with Gasteiger partial charge in [-0.25, -0.2) is 12.7 Å². The summed E-state index contributed by atoms with van der Waals surface area (Å²) >= 11 is 0. The molecule has 0 atom stereocenters. The van der Waals surface area contributed by atoms with E-state index < -0.39 is 10.0 Å². The zero-order valence-electron chi connectivity index (χ0n) is 11.9. The van der Waals surface area contributed by atoms with E-state index in [1.54, 1.807) is 0 Å². The standard InChI is InChI=1S/C13H17N3O4S/c1-15(2)21(19,20)11-5-3-10(4-6-11)13(18)16-8-7-14-12(17)9-16/h3-6H,7-9H2,1-2H3,(H,14,17). The first kappa shape index (κ1) is 15.5. The second-order valence-electron chi connectivity index (χ2n) is 4.89. The Balaban J connectivity index is 2.19. The van der Waals surface area contributed by atoms with Crippen LogP contribution in [-0.4, -0.2) is 63.2 Å². The smallest absolute Gasteiger partial charge is 0.254 e. The third-order valence-corrected chi connectivity index (χ3v) is 5.03. The molecule has 7 nitrogen and oxygen atoms in total. The van der Waals surface area contributed by atoms with E-state index in [9.17, 15) is 18.0 Å². The molecular formula is C13H17N3O4S. The number of nitrogens with one attached hydrogen (secondary N) is 1. The Morgan fingerprint density at radius 2 is 1.86 bits per heavy atom. The van der Waals surface area contributed by atoms with E-state index >= 15 is 0 Å². The minimum Gasteiger partial charge on any atom is -0.353 e. The molecule has 1 aliphatic rings. The molecular weight excluding hydrogens is 294 g/mol. The number of carbonyl (C=O) groups excluding carboxylic acids is 2. The third-order valence-electron chi connectivity index (χ3n) is 3.21. The van der Waals surface area contributed by atoms with E-state index in [-0.39, 0.29) is 23.3 Å². The maximum atomic E-state index is 12.2. The monoisotopic (exact) mass is 311 g/mol. The third kappa shape index (κ3) is 3.22. The van der Waals surface area contributed by atoms with Crippen molar-refractivity contribution >= 4 is 21.8 Å². The molecule has 1 fully saturated rings. The molecule has 1 heterocycles. The highest BCUT2D eigenvalue weighted by atomic mass is 32.2. The van der Waals surface area contributed by atoms with Crippen molar-refractivity contribution in [3.63, 3.8) is 0 Å². The van der Waals surface area contributed by atoms with Gasteiger partial charge in [0.15, 0.2) is 0 Å². The van der Waals surface area contributed by atoms with E-state index in [0.717, 1.165) is 4.31 Å². The van der Waals surface area contributed by atoms with E-state index in [0.29, 0.717) is 18.7 Å². The molecule has 0 saturated carbocycles. The minimum absolute atomic E-state index is 0.0244. The van der Waals surface area contributed by atoms with E-state index in [4.69, 9.17) is 0 Å². The Morgan fingerprint density at radius 1 is 1.24 bits per heavy atom. The van der Waals surface area contributed by atoms with Gasteiger partial charge in [-0.15, -0.1) is 0 Å². The molecule has 0 unspecified atom stereocenters. The Morgan fingerprint density at radius 3 is 2.38 bits per heavy atom. The van der Waals surface area contributed by atoms with Crippen LogP contribution in [0.2, 0.25) is 0 Å². The summed E-state index contributed by atoms with van der Waals surface area (Å²) in [6.07, 6.45) is 0. The van der Waals surface area contributed by atoms with Crippen molar-refractivity contribution in [2.75, 3.05) is 33.7 Å². The van der Waals surface area contributed by atoms with E-state index in [2.05, 4.69) is 5.32 Å². The SMILES string of the molecule is CN(C)S(=O)(=O)c1ccc(C(=O)N2CCNC(=O)C2)cc1. The first-order valence-corrected chi connectivity index (χ1v) is 7.85. The molecule has 0 radical (unpaired) electrons. The van der Waals surface area contributed by atoms with Gasteiger partial charge in [0.1, 0.15) is 0 Å². The second-order valence-corrected chi connectivity index (χ2v) is 7.04. The molecule has 0 spiro atoms. The minimum atomic E-state index is -3.51. The molecule has 0 aromatic heterocycles. The molecule has 0 bridgehead atoms. The van der Waals surface area contributed by atoms with E-state index in [1.807, 2.05) is 0 Å². The van der Waals surface area contributed by atoms with Crippen LogP contribution in [0.1, 0.15) is 10.4 Å². The second kappa shape index (κ2) is 5.82. The number of piperazine rings is 1. The summed E-state index contributed by atoms with van der Waals surface area (Å²) in [6, 6.07) is 5.72. The van der Waals surface area contributed by atoms with Crippen LogP contribution in [0.25, 0.3) is 0 Å². The Labute approximate surface area is 123 Å². The molecule has 2 rings (SSSR count). The fourth-order valence-electron chi connectivity index (χ4n) is 1.97. The average molecular weight is 311 g/mol. The molecule has 1 aliphatic heterocycles. The first-order valence-electron chi connectivity index (χ1n) is 6.41. The highest BCUT2D eigenvalue weighted by molar-refractivity contribution is 7.89. The van der Waals surface area contributed by atoms with Gasteiger partial charge in [0, 0.05) is 32.7 Å². The summed E-state index contributed by atoms with van der Waals surface area (Å²) in [7, 11) is -0.618. The van der Waals surface area contributed by atoms with Crippen molar-refractivity contribution in [2.24, 2.45) is 0 Å². The van der Waals surface area contributed by atoms with Gasteiger partial charge in [0.25, 0.3) is 5.91 Å². The zero-order valence-corrected chi connectivity index (χ0v) is 12.7. The van der Waals surface area contributed by atoms with Gasteiger partial charge < -0.3 is 10.2 Å². The molecule has 8 heteroatoms. The molecule has 1 saturated heterocycles. The van der Waals surface area contributed by atoms with Crippen molar-refractivity contribution in [2.45, 2.75) is 4.90 Å². The van der Waals surface area contributed by atoms with Crippen LogP contribution in [0, 0.1) is 0 Å². The summed E-state index contributed by atoms with van der Waals surface area (Å²) in [4.78, 5) is 25.1. The van der Waals surface area contributed by atoms with E-state index in [1.165, 1.54) is 43.3 Å². The summed E-state index contributed by atoms with van der Waals surface area (Å²) in [5.74, 6) is -0.472. The normalized spacial score (nSPS) is 16.0. The number of hydrogen-bond donors (Lipinski definition) is 1. The summed E-state index contributed by atoms with van der Waals surface area (Å²) in [5, 5.41) is 2.64. The molecule has 2 amide bonds. The van der Waals surface area contributed by atoms with Gasteiger partial charge in [-0.3, -0.25) is 9.59 Å². The maximum Gasteiger partial charge on any atom is 0.254 e. The lowest BCUT2D eigenvalue weighted by atomic mass is 10.2. The van der Waals surface area contributed by atoms with Crippen LogP contribution >= 0.6 is 0 Å². The topological polar surface area (TPSA) is 86.8 Å². The zero-order chi connectivity index (χ0) is 15.6. The van der Waals surface area contributed by atoms with Crippen LogP contribution < -0.4 is 5.32 Å². The van der Waals surface area contributed by atoms with Crippen molar-refractivity contribution in [3.05, 3.63) is 29.8 Å². The van der Waals surface area contributed by atoms with Gasteiger partial charge in [0.2, 0.25) is 15.9 Å². The van der Waals surface area contributed by atoms with Crippen LogP contribution in [0.3, 0.4) is 0 Å². The average Bonchev–Trinajstić information content (AvgIpc) is 2.46. The number of nitrogens with zero attached hydrogens (tertiary/aromatic N) is 2. The number of amides is 2. The van der Waals surface area contributed by atoms with Crippen LogP contribution in [0.15, 0.2) is 29.2 Å². The number of carbonyl (C=O) groups is 2. The summed E-state index contributed by atoms with van der Waals surface area (Å²) < 4.78 is 25.0. The Hall–Kier alpha value is -1.93. The van der Waals surface area contributed by atoms with Gasteiger partial charge in [-0.1, -0.05) is 0 Å². The molecule has 0 aliphatic carbocycles. The van der Waals surface area contributed by atoms with Gasteiger partial charge in [-0.2, -0.15) is 0 Å². The number of rotatable bonds is 3. The maximum absolute atomic E-state index is 12.2. The molecule has 1 N–H and O–H groups in total. The largest absolute Gasteiger partial charge is 0.353 e. The van der Waals surface area contributed by atoms with Crippen molar-refractivity contribution < 1.29 is 18.0 Å². The summed E-state index contributed by atoms with van der Waals surface area (Å²) in [6.45, 7) is 0.899. The van der Waals surface area contributed by atoms with Crippen LogP contribution in [0.5, 0.6) is 0 Å². The number of hydrogen-bond acceptors (Lipinski definition) is 4. The number of benzene rings is 1. The highest BCUT2D eigenvalue weighted by Crippen LogP contribution is 2.15. The molecule has 1 aromatic carbocycles. The first-order chi connectivity index (χ1) is 9.82. The van der Waals surface area contributed by atoms with Crippen molar-refractivity contribution in [1.82, 2.24) is 14.5 Å². The van der Waals surface area contributed by atoms with Gasteiger partial charge in [0.05, 0.1) is 11.4 Å². The quantitative estimate of drug-likeness (QED) is 0.816. The van der Waals surface area contributed by atoms with Crippen molar-refractivity contribution in [1.29, 1.82) is 0 Å². The van der Waals surface area contributed by atoms with Gasteiger partial charge in [-0.05, 0) is 24.3 Å². The van der Waals surface area contributed by atoms with Gasteiger partial charge >= 0.3 is 0 Å². The Bertz CT molecular complexity index is 652. The lowest BCUT2D eigenvalue weighted by molar-refractivity contribution is -0.123. The summed E-state index contributed by atoms with van der Waals surface area (Å²) in [5.41, 5.74) is 0.363. The molecule has 1 aromatic rings. The molecule has 21 heavy (non-hydrogen) atoms. The predicted octanol–water partition coefficient (Wildman–Crippen LogP) is -0.491. The number of sulfonamides is 1. The highest BCUT2D eigenvalue weighted by Gasteiger charge is 2.23. The van der Waals surface area contributed by atoms with Crippen LogP contribution in [-0.2, 0) is 14.8 Å². The molecule has 114 valence electrons. The fraction of sp³-hybridized carbons (Fsp3) is 0.385. The fourth-order valence-corrected chi connectivity index (χ4v) is 2.88.